The number of aryl methyl sites for hydroxylation is 1. The maximum atomic E-state index is 12.4. The Labute approximate surface area is 182 Å². The van der Waals surface area contributed by atoms with Crippen molar-refractivity contribution in [2.45, 2.75) is 39.2 Å². The fraction of sp³-hybridized carbons (Fsp3) is 0.348. The van der Waals surface area contributed by atoms with Crippen LogP contribution in [0.25, 0.3) is 0 Å². The van der Waals surface area contributed by atoms with E-state index in [2.05, 4.69) is 16.0 Å². The van der Waals surface area contributed by atoms with Crippen LogP contribution in [0, 0.1) is 0 Å². The van der Waals surface area contributed by atoms with Crippen molar-refractivity contribution in [3.8, 4) is 5.75 Å². The normalized spacial score (nSPS) is 10.7. The number of carbonyl (C=O) groups is 3. The average molecular weight is 428 g/mol. The van der Waals surface area contributed by atoms with E-state index in [0.29, 0.717) is 17.8 Å². The number of alkyl carbamates (subject to hydrolysis) is 1. The van der Waals surface area contributed by atoms with E-state index in [1.54, 1.807) is 52.1 Å². The largest absolute Gasteiger partial charge is 0.496 e. The average Bonchev–Trinajstić information content (AvgIpc) is 2.71. The Morgan fingerprint density at radius 2 is 1.45 bits per heavy atom. The summed E-state index contributed by atoms with van der Waals surface area (Å²) in [4.78, 5) is 36.3. The first-order valence-corrected chi connectivity index (χ1v) is 9.95. The number of para-hydroxylation sites is 3. The summed E-state index contributed by atoms with van der Waals surface area (Å²) >= 11 is 0. The molecule has 0 aromatic heterocycles. The third-order valence-corrected chi connectivity index (χ3v) is 4.08. The lowest BCUT2D eigenvalue weighted by molar-refractivity contribution is -0.116. The molecule has 3 amide bonds. The van der Waals surface area contributed by atoms with Crippen LogP contribution in [0.4, 0.5) is 16.2 Å². The number of hydrogen-bond donors (Lipinski definition) is 3. The number of carbonyl (C=O) groups excluding carboxylic acids is 3. The summed E-state index contributed by atoms with van der Waals surface area (Å²) in [5, 5.41) is 7.89. The van der Waals surface area contributed by atoms with E-state index in [1.807, 2.05) is 24.3 Å². The molecule has 0 aliphatic heterocycles. The lowest BCUT2D eigenvalue weighted by Crippen LogP contribution is -2.37. The van der Waals surface area contributed by atoms with Gasteiger partial charge in [0.15, 0.2) is 0 Å². The van der Waals surface area contributed by atoms with Gasteiger partial charge in [-0.05, 0) is 51.0 Å². The minimum atomic E-state index is -0.680. The summed E-state index contributed by atoms with van der Waals surface area (Å²) in [6.45, 7) is 4.95. The molecule has 0 saturated heterocycles. The van der Waals surface area contributed by atoms with Crippen LogP contribution in [0.3, 0.4) is 0 Å². The molecule has 0 aliphatic carbocycles. The van der Waals surface area contributed by atoms with Crippen molar-refractivity contribution in [3.63, 3.8) is 0 Å². The molecule has 3 N–H and O–H groups in total. The van der Waals surface area contributed by atoms with Crippen molar-refractivity contribution in [1.82, 2.24) is 5.32 Å². The topological polar surface area (TPSA) is 106 Å². The van der Waals surface area contributed by atoms with Crippen molar-refractivity contribution in [2.24, 2.45) is 0 Å². The van der Waals surface area contributed by atoms with Crippen LogP contribution >= 0.6 is 0 Å². The van der Waals surface area contributed by atoms with Crippen molar-refractivity contribution >= 4 is 29.3 Å². The molecule has 166 valence electrons. The quantitative estimate of drug-likeness (QED) is 0.595. The first-order valence-electron chi connectivity index (χ1n) is 9.95. The van der Waals surface area contributed by atoms with Crippen LogP contribution < -0.4 is 20.7 Å². The fourth-order valence-corrected chi connectivity index (χ4v) is 2.73. The van der Waals surface area contributed by atoms with Gasteiger partial charge >= 0.3 is 6.09 Å². The van der Waals surface area contributed by atoms with Gasteiger partial charge in [-0.1, -0.05) is 30.3 Å². The molecule has 0 aliphatic rings. The summed E-state index contributed by atoms with van der Waals surface area (Å²) < 4.78 is 10.4. The van der Waals surface area contributed by atoms with Gasteiger partial charge in [0.2, 0.25) is 11.8 Å². The van der Waals surface area contributed by atoms with E-state index in [0.717, 1.165) is 11.3 Å². The molecular formula is C23H29N3O5. The Kier molecular flexibility index (Phi) is 8.43. The molecule has 0 unspecified atom stereocenters. The Hall–Kier alpha value is -3.55. The Morgan fingerprint density at radius 1 is 0.871 bits per heavy atom. The van der Waals surface area contributed by atoms with Crippen molar-refractivity contribution < 1.29 is 23.9 Å². The lowest BCUT2D eigenvalue weighted by atomic mass is 10.1. The van der Waals surface area contributed by atoms with Gasteiger partial charge in [-0.2, -0.15) is 0 Å². The highest BCUT2D eigenvalue weighted by atomic mass is 16.6. The number of benzene rings is 2. The molecule has 0 bridgehead atoms. The third kappa shape index (κ3) is 8.38. The Balaban J connectivity index is 1.90. The van der Waals surface area contributed by atoms with E-state index in [1.165, 1.54) is 0 Å². The molecule has 0 radical (unpaired) electrons. The van der Waals surface area contributed by atoms with Crippen LogP contribution in [0.2, 0.25) is 0 Å². The number of rotatable bonds is 8. The summed E-state index contributed by atoms with van der Waals surface area (Å²) in [5.41, 5.74) is 1.19. The summed E-state index contributed by atoms with van der Waals surface area (Å²) in [5.74, 6) is 0.0986. The number of anilines is 2. The smallest absolute Gasteiger partial charge is 0.408 e. The van der Waals surface area contributed by atoms with E-state index in [4.69, 9.17) is 9.47 Å². The predicted octanol–water partition coefficient (Wildman–Crippen LogP) is 3.73. The second-order valence-electron chi connectivity index (χ2n) is 7.81. The van der Waals surface area contributed by atoms with Crippen molar-refractivity contribution in [2.75, 3.05) is 24.3 Å². The van der Waals surface area contributed by atoms with Crippen LogP contribution in [0.5, 0.6) is 5.75 Å². The van der Waals surface area contributed by atoms with Gasteiger partial charge in [0.25, 0.3) is 0 Å². The molecule has 2 rings (SSSR count). The fourth-order valence-electron chi connectivity index (χ4n) is 2.73. The molecule has 0 atom stereocenters. The highest BCUT2D eigenvalue weighted by Crippen LogP contribution is 2.22. The van der Waals surface area contributed by atoms with E-state index < -0.39 is 17.6 Å². The highest BCUT2D eigenvalue weighted by molar-refractivity contribution is 6.00. The zero-order valence-corrected chi connectivity index (χ0v) is 18.3. The highest BCUT2D eigenvalue weighted by Gasteiger charge is 2.17. The van der Waals surface area contributed by atoms with E-state index in [9.17, 15) is 14.4 Å². The molecule has 0 spiro atoms. The molecule has 0 fully saturated rings. The predicted molar refractivity (Wildman–Crippen MR) is 119 cm³/mol. The van der Waals surface area contributed by atoms with Gasteiger partial charge in [0.1, 0.15) is 17.9 Å². The standard InChI is InChI=1S/C23H29N3O5/c1-23(2,3)31-22(29)24-15-21(28)26-18-11-7-6-10-17(18)25-20(27)14-13-16-9-5-8-12-19(16)30-4/h5-12H,13-15H2,1-4H3,(H,24,29)(H,25,27)(H,26,28). The maximum Gasteiger partial charge on any atom is 0.408 e. The summed E-state index contributed by atoms with van der Waals surface area (Å²) in [7, 11) is 1.59. The number of hydrogen-bond acceptors (Lipinski definition) is 5. The lowest BCUT2D eigenvalue weighted by Gasteiger charge is -2.19. The minimum absolute atomic E-state index is 0.195. The van der Waals surface area contributed by atoms with Gasteiger partial charge in [-0.3, -0.25) is 9.59 Å². The molecule has 31 heavy (non-hydrogen) atoms. The second-order valence-corrected chi connectivity index (χ2v) is 7.81. The van der Waals surface area contributed by atoms with Gasteiger partial charge in [-0.15, -0.1) is 0 Å². The zero-order chi connectivity index (χ0) is 22.9. The number of amides is 3. The first-order chi connectivity index (χ1) is 14.7. The summed E-state index contributed by atoms with van der Waals surface area (Å²) in [6, 6.07) is 14.4. The maximum absolute atomic E-state index is 12.4. The van der Waals surface area contributed by atoms with Gasteiger partial charge < -0.3 is 25.4 Å². The molecule has 0 saturated carbocycles. The molecule has 0 heterocycles. The molecule has 8 heteroatoms. The SMILES string of the molecule is COc1ccccc1CCC(=O)Nc1ccccc1NC(=O)CNC(=O)OC(C)(C)C. The van der Waals surface area contributed by atoms with Crippen molar-refractivity contribution in [3.05, 3.63) is 54.1 Å². The van der Waals surface area contributed by atoms with Crippen LogP contribution in [0.15, 0.2) is 48.5 Å². The number of nitrogens with one attached hydrogen (secondary N) is 3. The van der Waals surface area contributed by atoms with Crippen LogP contribution in [-0.4, -0.2) is 37.2 Å². The van der Waals surface area contributed by atoms with E-state index >= 15 is 0 Å². The van der Waals surface area contributed by atoms with Gasteiger partial charge in [0, 0.05) is 6.42 Å². The summed E-state index contributed by atoms with van der Waals surface area (Å²) in [6.07, 6.45) is 0.0908. The van der Waals surface area contributed by atoms with Crippen LogP contribution in [-0.2, 0) is 20.7 Å². The third-order valence-electron chi connectivity index (χ3n) is 4.08. The number of methoxy groups -OCH3 is 1. The monoisotopic (exact) mass is 427 g/mol. The molecule has 8 nitrogen and oxygen atoms in total. The molecule has 2 aromatic rings. The Bertz CT molecular complexity index is 921. The molecular weight excluding hydrogens is 398 g/mol. The van der Waals surface area contributed by atoms with Gasteiger partial charge in [0.05, 0.1) is 18.5 Å². The molecule has 2 aromatic carbocycles. The zero-order valence-electron chi connectivity index (χ0n) is 18.3. The van der Waals surface area contributed by atoms with Crippen LogP contribution in [0.1, 0.15) is 32.8 Å². The first kappa shape index (κ1) is 23.7. The number of ether oxygens (including phenoxy) is 2. The van der Waals surface area contributed by atoms with Crippen molar-refractivity contribution in [1.29, 1.82) is 0 Å². The van der Waals surface area contributed by atoms with Gasteiger partial charge in [-0.25, -0.2) is 4.79 Å². The van der Waals surface area contributed by atoms with E-state index in [-0.39, 0.29) is 18.9 Å². The second kappa shape index (κ2) is 11.0. The Morgan fingerprint density at radius 3 is 2.06 bits per heavy atom. The minimum Gasteiger partial charge on any atom is -0.496 e.